The van der Waals surface area contributed by atoms with Crippen molar-refractivity contribution in [1.29, 1.82) is 0 Å². The van der Waals surface area contributed by atoms with Gasteiger partial charge in [-0.1, -0.05) is 17.7 Å². The first-order chi connectivity index (χ1) is 6.09. The zero-order valence-electron chi connectivity index (χ0n) is 7.21. The Morgan fingerprint density at radius 2 is 2.31 bits per heavy atom. The van der Waals surface area contributed by atoms with Gasteiger partial charge in [0, 0.05) is 9.92 Å². The topological polar surface area (TPSA) is 43.1 Å². The van der Waals surface area contributed by atoms with Crippen LogP contribution in [0.2, 0.25) is 5.02 Å². The van der Waals surface area contributed by atoms with Gasteiger partial charge in [0.25, 0.3) is 0 Å². The van der Waals surface area contributed by atoms with Gasteiger partial charge in [-0.15, -0.1) is 11.8 Å². The fourth-order valence-electron chi connectivity index (χ4n) is 0.818. The van der Waals surface area contributed by atoms with E-state index in [2.05, 4.69) is 0 Å². The predicted molar refractivity (Wildman–Crippen MR) is 56.1 cm³/mol. The van der Waals surface area contributed by atoms with Gasteiger partial charge < -0.3 is 5.73 Å². The number of benzene rings is 1. The smallest absolute Gasteiger partial charge is 0.227 e. The molecule has 1 aromatic carbocycles. The van der Waals surface area contributed by atoms with Crippen LogP contribution >= 0.6 is 23.4 Å². The Kier molecular flexibility index (Phi) is 3.63. The number of primary amides is 1. The second-order valence-corrected chi connectivity index (χ2v) is 4.12. The monoisotopic (exact) mass is 215 g/mol. The first-order valence-electron chi connectivity index (χ1n) is 3.77. The molecule has 0 fully saturated rings. The van der Waals surface area contributed by atoms with E-state index in [4.69, 9.17) is 17.3 Å². The summed E-state index contributed by atoms with van der Waals surface area (Å²) in [5.74, 6) is -0.0268. The Morgan fingerprint density at radius 3 is 2.85 bits per heavy atom. The number of carbonyl (C=O) groups is 1. The second-order valence-electron chi connectivity index (χ2n) is 2.67. The Labute approximate surface area is 86.5 Å². The van der Waals surface area contributed by atoms with Crippen molar-refractivity contribution in [2.75, 3.05) is 5.75 Å². The summed E-state index contributed by atoms with van der Waals surface area (Å²) in [7, 11) is 0. The summed E-state index contributed by atoms with van der Waals surface area (Å²) in [5, 5.41) is 0.717. The summed E-state index contributed by atoms with van der Waals surface area (Å²) in [4.78, 5) is 11.5. The van der Waals surface area contributed by atoms with Crippen molar-refractivity contribution in [3.8, 4) is 0 Å². The van der Waals surface area contributed by atoms with Crippen molar-refractivity contribution in [2.24, 2.45) is 5.73 Å². The van der Waals surface area contributed by atoms with E-state index in [1.165, 1.54) is 11.8 Å². The minimum Gasteiger partial charge on any atom is -0.369 e. The van der Waals surface area contributed by atoms with Gasteiger partial charge in [-0.25, -0.2) is 0 Å². The van der Waals surface area contributed by atoms with Gasteiger partial charge in [-0.2, -0.15) is 0 Å². The highest BCUT2D eigenvalue weighted by atomic mass is 35.5. The van der Waals surface area contributed by atoms with Gasteiger partial charge in [0.05, 0.1) is 5.75 Å². The molecule has 4 heteroatoms. The number of amides is 1. The van der Waals surface area contributed by atoms with E-state index in [9.17, 15) is 4.79 Å². The number of carbonyl (C=O) groups excluding carboxylic acids is 1. The summed E-state index contributed by atoms with van der Waals surface area (Å²) in [6.45, 7) is 1.94. The molecule has 13 heavy (non-hydrogen) atoms. The molecular formula is C9H10ClNOS. The molecule has 70 valence electrons. The number of rotatable bonds is 3. The van der Waals surface area contributed by atoms with Gasteiger partial charge in [0.15, 0.2) is 0 Å². The first kappa shape index (κ1) is 10.4. The molecule has 0 radical (unpaired) electrons. The number of nitrogens with two attached hydrogens (primary N) is 1. The zero-order chi connectivity index (χ0) is 9.84. The van der Waals surface area contributed by atoms with Crippen LogP contribution in [-0.2, 0) is 4.79 Å². The third-order valence-corrected chi connectivity index (χ3v) is 2.95. The van der Waals surface area contributed by atoms with Crippen molar-refractivity contribution in [3.63, 3.8) is 0 Å². The molecule has 0 saturated carbocycles. The number of hydrogen-bond donors (Lipinski definition) is 1. The van der Waals surface area contributed by atoms with E-state index in [0.717, 1.165) is 15.5 Å². The Bertz CT molecular complexity index is 327. The fraction of sp³-hybridized carbons (Fsp3) is 0.222. The Hall–Kier alpha value is -0.670. The lowest BCUT2D eigenvalue weighted by Gasteiger charge is -2.01. The third kappa shape index (κ3) is 3.28. The van der Waals surface area contributed by atoms with Gasteiger partial charge >= 0.3 is 0 Å². The molecule has 2 N–H and O–H groups in total. The molecule has 0 unspecified atom stereocenters. The molecule has 0 saturated heterocycles. The minimum absolute atomic E-state index is 0.291. The molecule has 0 aromatic heterocycles. The van der Waals surface area contributed by atoms with E-state index < -0.39 is 0 Å². The maximum atomic E-state index is 10.5. The van der Waals surface area contributed by atoms with E-state index in [0.29, 0.717) is 5.75 Å². The predicted octanol–water partition coefficient (Wildman–Crippen LogP) is 2.23. The van der Waals surface area contributed by atoms with Crippen LogP contribution in [0.3, 0.4) is 0 Å². The number of aryl methyl sites for hydroxylation is 1. The van der Waals surface area contributed by atoms with Crippen molar-refractivity contribution in [1.82, 2.24) is 0 Å². The van der Waals surface area contributed by atoms with Crippen molar-refractivity contribution >= 4 is 29.3 Å². The van der Waals surface area contributed by atoms with Crippen LogP contribution in [0, 0.1) is 6.92 Å². The molecule has 1 aromatic rings. The summed E-state index contributed by atoms with van der Waals surface area (Å²) in [6.07, 6.45) is 0. The maximum absolute atomic E-state index is 10.5. The summed E-state index contributed by atoms with van der Waals surface area (Å²) in [5.41, 5.74) is 6.05. The molecule has 0 bridgehead atoms. The highest BCUT2D eigenvalue weighted by Crippen LogP contribution is 2.23. The molecule has 0 aliphatic rings. The van der Waals surface area contributed by atoms with Crippen LogP contribution in [0.4, 0.5) is 0 Å². The molecular weight excluding hydrogens is 206 g/mol. The second kappa shape index (κ2) is 4.53. The van der Waals surface area contributed by atoms with E-state index in [-0.39, 0.29) is 5.91 Å². The highest BCUT2D eigenvalue weighted by Gasteiger charge is 2.00. The van der Waals surface area contributed by atoms with Gasteiger partial charge in [0.2, 0.25) is 5.91 Å². The van der Waals surface area contributed by atoms with Crippen molar-refractivity contribution in [2.45, 2.75) is 11.8 Å². The maximum Gasteiger partial charge on any atom is 0.227 e. The molecule has 0 spiro atoms. The molecule has 0 aliphatic carbocycles. The van der Waals surface area contributed by atoms with Crippen LogP contribution in [0.5, 0.6) is 0 Å². The number of thioether (sulfide) groups is 1. The highest BCUT2D eigenvalue weighted by molar-refractivity contribution is 8.00. The van der Waals surface area contributed by atoms with Crippen molar-refractivity contribution < 1.29 is 4.79 Å². The Morgan fingerprint density at radius 1 is 1.62 bits per heavy atom. The summed E-state index contributed by atoms with van der Waals surface area (Å²) >= 11 is 7.29. The van der Waals surface area contributed by atoms with Crippen molar-refractivity contribution in [3.05, 3.63) is 28.8 Å². The minimum atomic E-state index is -0.318. The van der Waals surface area contributed by atoms with Crippen LogP contribution in [0.1, 0.15) is 5.56 Å². The standard InChI is InChI=1S/C9H10ClNOS/c1-6-2-3-7(4-8(6)10)13-5-9(11)12/h2-4H,5H2,1H3,(H2,11,12). The SMILES string of the molecule is Cc1ccc(SCC(N)=O)cc1Cl. The molecule has 0 heterocycles. The van der Waals surface area contributed by atoms with Gasteiger partial charge in [-0.05, 0) is 24.6 Å². The van der Waals surface area contributed by atoms with E-state index >= 15 is 0 Å². The number of halogens is 1. The average molecular weight is 216 g/mol. The van der Waals surface area contributed by atoms with E-state index in [1.54, 1.807) is 0 Å². The number of hydrogen-bond acceptors (Lipinski definition) is 2. The van der Waals surface area contributed by atoms with Crippen LogP contribution in [0.15, 0.2) is 23.1 Å². The van der Waals surface area contributed by atoms with E-state index in [1.807, 2.05) is 25.1 Å². The normalized spacial score (nSPS) is 10.0. The molecule has 1 rings (SSSR count). The van der Waals surface area contributed by atoms with Crippen LogP contribution in [0.25, 0.3) is 0 Å². The largest absolute Gasteiger partial charge is 0.369 e. The Balaban J connectivity index is 2.68. The molecule has 0 aliphatic heterocycles. The van der Waals surface area contributed by atoms with Gasteiger partial charge in [-0.3, -0.25) is 4.79 Å². The molecule has 0 atom stereocenters. The summed E-state index contributed by atoms with van der Waals surface area (Å²) in [6, 6.07) is 5.69. The fourth-order valence-corrected chi connectivity index (χ4v) is 1.74. The average Bonchev–Trinajstić information content (AvgIpc) is 2.07. The quantitative estimate of drug-likeness (QED) is 0.786. The zero-order valence-corrected chi connectivity index (χ0v) is 8.78. The lowest BCUT2D eigenvalue weighted by molar-refractivity contribution is -0.115. The lowest BCUT2D eigenvalue weighted by atomic mass is 10.2. The summed E-state index contributed by atoms with van der Waals surface area (Å²) < 4.78 is 0. The van der Waals surface area contributed by atoms with Gasteiger partial charge in [0.1, 0.15) is 0 Å². The molecule has 1 amide bonds. The lowest BCUT2D eigenvalue weighted by Crippen LogP contribution is -2.12. The van der Waals surface area contributed by atoms with Crippen LogP contribution in [-0.4, -0.2) is 11.7 Å². The first-order valence-corrected chi connectivity index (χ1v) is 5.13. The molecule has 2 nitrogen and oxygen atoms in total. The van der Waals surface area contributed by atoms with Crippen LogP contribution < -0.4 is 5.73 Å². The third-order valence-electron chi connectivity index (χ3n) is 1.52.